The number of nitrogens with zero attached hydrogens (tertiary/aromatic N) is 1. The van der Waals surface area contributed by atoms with Gasteiger partial charge in [0.2, 0.25) is 11.8 Å². The fraction of sp³-hybridized carbons (Fsp3) is 0.818. The van der Waals surface area contributed by atoms with Crippen LogP contribution in [-0.4, -0.2) is 34.5 Å². The van der Waals surface area contributed by atoms with Gasteiger partial charge >= 0.3 is 0 Å². The molecule has 1 aliphatic carbocycles. The Morgan fingerprint density at radius 2 is 1.87 bits per heavy atom. The Balaban J connectivity index is 2.14. The second kappa shape index (κ2) is 3.93. The highest BCUT2D eigenvalue weighted by molar-refractivity contribution is 6.05. The van der Waals surface area contributed by atoms with Gasteiger partial charge in [0.15, 0.2) is 0 Å². The number of carbonyl (C=O) groups excluding carboxylic acids is 2. The van der Waals surface area contributed by atoms with Crippen LogP contribution in [0.3, 0.4) is 0 Å². The molecule has 1 heterocycles. The summed E-state index contributed by atoms with van der Waals surface area (Å²) in [5, 5.41) is 8.82. The van der Waals surface area contributed by atoms with Crippen molar-refractivity contribution >= 4 is 11.8 Å². The molecule has 4 heteroatoms. The summed E-state index contributed by atoms with van der Waals surface area (Å²) in [5.74, 6) is -0.135. The zero-order chi connectivity index (χ0) is 11.0. The van der Waals surface area contributed by atoms with Crippen LogP contribution in [-0.2, 0) is 9.59 Å². The molecule has 4 nitrogen and oxygen atoms in total. The Kier molecular flexibility index (Phi) is 2.78. The van der Waals surface area contributed by atoms with Crippen LogP contribution in [0.25, 0.3) is 0 Å². The maximum Gasteiger partial charge on any atom is 0.233 e. The van der Waals surface area contributed by atoms with Gasteiger partial charge in [-0.25, -0.2) is 0 Å². The van der Waals surface area contributed by atoms with E-state index in [4.69, 9.17) is 5.11 Å². The van der Waals surface area contributed by atoms with Gasteiger partial charge in [0.1, 0.15) is 0 Å². The third kappa shape index (κ3) is 1.57. The minimum Gasteiger partial charge on any atom is -0.396 e. The smallest absolute Gasteiger partial charge is 0.233 e. The van der Waals surface area contributed by atoms with Crippen molar-refractivity contribution in [3.8, 4) is 0 Å². The molecule has 84 valence electrons. The number of rotatable bonds is 3. The minimum absolute atomic E-state index is 0.0107. The van der Waals surface area contributed by atoms with Crippen molar-refractivity contribution in [3.05, 3.63) is 0 Å². The standard InChI is InChI=1S/C11H17NO3/c1-7(5-6-13)12-10(14)8-3-2-4-9(8)11(12)15/h7-9,13H,2-6H2,1H3. The largest absolute Gasteiger partial charge is 0.396 e. The first kappa shape index (κ1) is 10.6. The maximum absolute atomic E-state index is 11.9. The number of hydrogen-bond acceptors (Lipinski definition) is 3. The fourth-order valence-electron chi connectivity index (χ4n) is 2.77. The van der Waals surface area contributed by atoms with Gasteiger partial charge in [0, 0.05) is 12.6 Å². The second-order valence-corrected chi connectivity index (χ2v) is 4.55. The molecule has 2 aliphatic rings. The quantitative estimate of drug-likeness (QED) is 0.693. The lowest BCUT2D eigenvalue weighted by Crippen LogP contribution is -2.39. The fourth-order valence-corrected chi connectivity index (χ4v) is 2.77. The molecule has 0 aromatic heterocycles. The van der Waals surface area contributed by atoms with Crippen molar-refractivity contribution < 1.29 is 14.7 Å². The minimum atomic E-state index is -0.152. The number of imide groups is 1. The average Bonchev–Trinajstić information content (AvgIpc) is 2.72. The highest BCUT2D eigenvalue weighted by atomic mass is 16.3. The van der Waals surface area contributed by atoms with Crippen molar-refractivity contribution in [3.63, 3.8) is 0 Å². The summed E-state index contributed by atoms with van der Waals surface area (Å²) in [6.07, 6.45) is 3.20. The number of hydrogen-bond donors (Lipinski definition) is 1. The number of fused-ring (bicyclic) bond motifs is 1. The normalized spacial score (nSPS) is 32.3. The molecule has 2 fully saturated rings. The van der Waals surface area contributed by atoms with E-state index in [-0.39, 0.29) is 36.3 Å². The van der Waals surface area contributed by atoms with E-state index in [9.17, 15) is 9.59 Å². The van der Waals surface area contributed by atoms with Gasteiger partial charge in [-0.1, -0.05) is 6.42 Å². The molecule has 0 spiro atoms. The van der Waals surface area contributed by atoms with E-state index in [1.54, 1.807) is 0 Å². The predicted octanol–water partition coefficient (Wildman–Crippen LogP) is 0.542. The van der Waals surface area contributed by atoms with Gasteiger partial charge < -0.3 is 5.11 Å². The van der Waals surface area contributed by atoms with E-state index in [0.29, 0.717) is 6.42 Å². The number of aliphatic hydroxyl groups is 1. The molecule has 1 N–H and O–H groups in total. The Morgan fingerprint density at radius 1 is 1.33 bits per heavy atom. The number of likely N-dealkylation sites (tertiary alicyclic amines) is 1. The first-order chi connectivity index (χ1) is 7.16. The van der Waals surface area contributed by atoms with Crippen molar-refractivity contribution in [2.24, 2.45) is 11.8 Å². The van der Waals surface area contributed by atoms with Crippen LogP contribution in [0.4, 0.5) is 0 Å². The number of carbonyl (C=O) groups is 2. The zero-order valence-corrected chi connectivity index (χ0v) is 8.98. The van der Waals surface area contributed by atoms with Crippen LogP contribution in [0.1, 0.15) is 32.6 Å². The molecule has 2 amide bonds. The van der Waals surface area contributed by atoms with Crippen molar-refractivity contribution in [2.45, 2.75) is 38.6 Å². The van der Waals surface area contributed by atoms with E-state index < -0.39 is 0 Å². The third-order valence-electron chi connectivity index (χ3n) is 3.61. The molecule has 1 aliphatic heterocycles. The molecular weight excluding hydrogens is 194 g/mol. The molecule has 2 rings (SSSR count). The number of aliphatic hydroxyl groups excluding tert-OH is 1. The molecule has 3 atom stereocenters. The highest BCUT2D eigenvalue weighted by Crippen LogP contribution is 2.40. The topological polar surface area (TPSA) is 57.6 Å². The van der Waals surface area contributed by atoms with Gasteiger partial charge in [-0.05, 0) is 26.2 Å². The van der Waals surface area contributed by atoms with Gasteiger partial charge in [-0.2, -0.15) is 0 Å². The van der Waals surface area contributed by atoms with Gasteiger partial charge in [-0.3, -0.25) is 14.5 Å². The Hall–Kier alpha value is -0.900. The Bertz CT molecular complexity index is 268. The van der Waals surface area contributed by atoms with E-state index >= 15 is 0 Å². The van der Waals surface area contributed by atoms with E-state index in [2.05, 4.69) is 0 Å². The first-order valence-electron chi connectivity index (χ1n) is 5.64. The lowest BCUT2D eigenvalue weighted by atomic mass is 10.00. The third-order valence-corrected chi connectivity index (χ3v) is 3.61. The molecule has 0 aromatic carbocycles. The SMILES string of the molecule is CC(CCO)N1C(=O)C2CCCC2C1=O. The van der Waals surface area contributed by atoms with Gasteiger partial charge in [0.05, 0.1) is 11.8 Å². The summed E-state index contributed by atoms with van der Waals surface area (Å²) >= 11 is 0. The first-order valence-corrected chi connectivity index (χ1v) is 5.64. The molecular formula is C11H17NO3. The summed E-state index contributed by atoms with van der Waals surface area (Å²) < 4.78 is 0. The Morgan fingerprint density at radius 3 is 2.33 bits per heavy atom. The summed E-state index contributed by atoms with van der Waals surface area (Å²) in [6, 6.07) is -0.152. The molecule has 3 unspecified atom stereocenters. The van der Waals surface area contributed by atoms with Crippen LogP contribution in [0.5, 0.6) is 0 Å². The summed E-state index contributed by atoms with van der Waals surface area (Å²) in [5.41, 5.74) is 0. The molecule has 1 saturated carbocycles. The van der Waals surface area contributed by atoms with E-state index in [1.807, 2.05) is 6.92 Å². The predicted molar refractivity (Wildman–Crippen MR) is 53.8 cm³/mol. The zero-order valence-electron chi connectivity index (χ0n) is 8.98. The van der Waals surface area contributed by atoms with Gasteiger partial charge in [0.25, 0.3) is 0 Å². The highest BCUT2D eigenvalue weighted by Gasteiger charge is 2.50. The lowest BCUT2D eigenvalue weighted by Gasteiger charge is -2.22. The molecule has 0 radical (unpaired) electrons. The monoisotopic (exact) mass is 211 g/mol. The van der Waals surface area contributed by atoms with E-state index in [0.717, 1.165) is 19.3 Å². The molecule has 0 bridgehead atoms. The summed E-state index contributed by atoms with van der Waals surface area (Å²) in [7, 11) is 0. The summed E-state index contributed by atoms with van der Waals surface area (Å²) in [4.78, 5) is 25.3. The van der Waals surface area contributed by atoms with Crippen LogP contribution >= 0.6 is 0 Å². The van der Waals surface area contributed by atoms with Crippen molar-refractivity contribution in [2.75, 3.05) is 6.61 Å². The lowest BCUT2D eigenvalue weighted by molar-refractivity contribution is -0.142. The van der Waals surface area contributed by atoms with Gasteiger partial charge in [-0.15, -0.1) is 0 Å². The van der Waals surface area contributed by atoms with E-state index in [1.165, 1.54) is 4.90 Å². The molecule has 15 heavy (non-hydrogen) atoms. The molecule has 0 aromatic rings. The van der Waals surface area contributed by atoms with Crippen LogP contribution in [0.2, 0.25) is 0 Å². The van der Waals surface area contributed by atoms with Crippen LogP contribution in [0, 0.1) is 11.8 Å². The van der Waals surface area contributed by atoms with Crippen LogP contribution < -0.4 is 0 Å². The number of amides is 2. The maximum atomic E-state index is 11.9. The average molecular weight is 211 g/mol. The Labute approximate surface area is 89.3 Å². The van der Waals surface area contributed by atoms with Crippen LogP contribution in [0.15, 0.2) is 0 Å². The molecule has 1 saturated heterocycles. The second-order valence-electron chi connectivity index (χ2n) is 4.55. The van der Waals surface area contributed by atoms with Crippen molar-refractivity contribution in [1.82, 2.24) is 4.90 Å². The van der Waals surface area contributed by atoms with Crippen molar-refractivity contribution in [1.29, 1.82) is 0 Å². The summed E-state index contributed by atoms with van der Waals surface area (Å²) in [6.45, 7) is 1.85.